The molecule has 0 bridgehead atoms. The summed E-state index contributed by atoms with van der Waals surface area (Å²) in [6, 6.07) is 10.1. The van der Waals surface area contributed by atoms with Gasteiger partial charge in [-0.2, -0.15) is 0 Å². The van der Waals surface area contributed by atoms with Gasteiger partial charge in [0, 0.05) is 17.0 Å². The fourth-order valence-corrected chi connectivity index (χ4v) is 2.49. The summed E-state index contributed by atoms with van der Waals surface area (Å²) >= 11 is 7.69. The van der Waals surface area contributed by atoms with Gasteiger partial charge in [-0.15, -0.1) is 11.3 Å². The van der Waals surface area contributed by atoms with Gasteiger partial charge in [-0.1, -0.05) is 23.7 Å². The Bertz CT molecular complexity index is 437. The Hall–Kier alpha value is -0.830. The highest BCUT2D eigenvalue weighted by atomic mass is 35.5. The molecular weight excluding hydrogens is 228 g/mol. The average Bonchev–Trinajstić information content (AvgIpc) is 2.71. The summed E-state index contributed by atoms with van der Waals surface area (Å²) in [7, 11) is 1.69. The van der Waals surface area contributed by atoms with Gasteiger partial charge in [0.1, 0.15) is 0 Å². The summed E-state index contributed by atoms with van der Waals surface area (Å²) in [6.45, 7) is 0.591. The van der Waals surface area contributed by atoms with Crippen LogP contribution in [-0.4, -0.2) is 7.11 Å². The maximum absolute atomic E-state index is 5.96. The summed E-state index contributed by atoms with van der Waals surface area (Å²) in [5.74, 6) is 0. The molecule has 0 saturated carbocycles. The van der Waals surface area contributed by atoms with Crippen molar-refractivity contribution in [1.29, 1.82) is 0 Å². The fraction of sp³-hybridized carbons (Fsp3) is 0.167. The Morgan fingerprint density at radius 3 is 2.87 bits per heavy atom. The zero-order chi connectivity index (χ0) is 10.7. The topological polar surface area (TPSA) is 9.23 Å². The second-order valence-electron chi connectivity index (χ2n) is 3.21. The molecule has 0 radical (unpaired) electrons. The molecule has 0 unspecified atom stereocenters. The highest BCUT2D eigenvalue weighted by Crippen LogP contribution is 2.30. The number of halogens is 1. The third kappa shape index (κ3) is 2.40. The van der Waals surface area contributed by atoms with Gasteiger partial charge < -0.3 is 4.74 Å². The van der Waals surface area contributed by atoms with E-state index in [1.54, 1.807) is 18.4 Å². The van der Waals surface area contributed by atoms with Gasteiger partial charge in [-0.3, -0.25) is 0 Å². The van der Waals surface area contributed by atoms with Gasteiger partial charge in [-0.25, -0.2) is 0 Å². The molecule has 1 aromatic carbocycles. The molecule has 1 aromatic heterocycles. The Balaban J connectivity index is 2.46. The normalized spacial score (nSPS) is 10.5. The van der Waals surface area contributed by atoms with Gasteiger partial charge >= 0.3 is 0 Å². The van der Waals surface area contributed by atoms with Crippen molar-refractivity contribution in [1.82, 2.24) is 0 Å². The number of methoxy groups -OCH3 is 1. The van der Waals surface area contributed by atoms with Crippen molar-refractivity contribution in [3.05, 3.63) is 46.3 Å². The molecule has 78 valence electrons. The van der Waals surface area contributed by atoms with E-state index in [-0.39, 0.29) is 0 Å². The van der Waals surface area contributed by atoms with Crippen LogP contribution in [0.25, 0.3) is 10.4 Å². The van der Waals surface area contributed by atoms with E-state index in [0.717, 1.165) is 10.6 Å². The van der Waals surface area contributed by atoms with E-state index in [9.17, 15) is 0 Å². The second kappa shape index (κ2) is 4.79. The Kier molecular flexibility index (Phi) is 3.41. The Morgan fingerprint density at radius 1 is 1.33 bits per heavy atom. The number of benzene rings is 1. The number of hydrogen-bond acceptors (Lipinski definition) is 2. The molecule has 0 aliphatic heterocycles. The molecule has 15 heavy (non-hydrogen) atoms. The van der Waals surface area contributed by atoms with Crippen molar-refractivity contribution < 1.29 is 4.74 Å². The monoisotopic (exact) mass is 238 g/mol. The summed E-state index contributed by atoms with van der Waals surface area (Å²) in [5.41, 5.74) is 2.34. The van der Waals surface area contributed by atoms with Crippen molar-refractivity contribution in [2.75, 3.05) is 7.11 Å². The number of rotatable bonds is 3. The zero-order valence-corrected chi connectivity index (χ0v) is 9.94. The van der Waals surface area contributed by atoms with Crippen molar-refractivity contribution in [3.8, 4) is 10.4 Å². The highest BCUT2D eigenvalue weighted by molar-refractivity contribution is 7.13. The summed E-state index contributed by atoms with van der Waals surface area (Å²) in [6.07, 6.45) is 0. The molecule has 2 aromatic rings. The number of hydrogen-bond donors (Lipinski definition) is 0. The maximum Gasteiger partial charge on any atom is 0.0719 e. The first kappa shape index (κ1) is 10.7. The Labute approximate surface area is 98.3 Å². The van der Waals surface area contributed by atoms with Crippen LogP contribution in [0, 0.1) is 0 Å². The van der Waals surface area contributed by atoms with Crippen LogP contribution >= 0.6 is 22.9 Å². The lowest BCUT2D eigenvalue weighted by atomic mass is 10.1. The van der Waals surface area contributed by atoms with Crippen LogP contribution in [0.2, 0.25) is 5.02 Å². The molecule has 3 heteroatoms. The van der Waals surface area contributed by atoms with Crippen LogP contribution in [0.15, 0.2) is 35.7 Å². The molecule has 2 rings (SSSR count). The molecule has 0 atom stereocenters. The van der Waals surface area contributed by atoms with Crippen molar-refractivity contribution in [3.63, 3.8) is 0 Å². The third-order valence-electron chi connectivity index (χ3n) is 2.15. The van der Waals surface area contributed by atoms with Crippen molar-refractivity contribution >= 4 is 22.9 Å². The lowest BCUT2D eigenvalue weighted by Crippen LogP contribution is -1.90. The number of thiophene rings is 1. The lowest BCUT2D eigenvalue weighted by molar-refractivity contribution is 0.185. The van der Waals surface area contributed by atoms with E-state index >= 15 is 0 Å². The van der Waals surface area contributed by atoms with Crippen LogP contribution in [0.3, 0.4) is 0 Å². The summed E-state index contributed by atoms with van der Waals surface area (Å²) in [4.78, 5) is 1.25. The van der Waals surface area contributed by atoms with Gasteiger partial charge in [0.25, 0.3) is 0 Å². The van der Waals surface area contributed by atoms with Gasteiger partial charge in [0.2, 0.25) is 0 Å². The predicted molar refractivity (Wildman–Crippen MR) is 65.5 cm³/mol. The van der Waals surface area contributed by atoms with Crippen LogP contribution in [-0.2, 0) is 11.3 Å². The quantitative estimate of drug-likeness (QED) is 0.778. The molecule has 0 fully saturated rings. The maximum atomic E-state index is 5.96. The van der Waals surface area contributed by atoms with Crippen LogP contribution in [0.4, 0.5) is 0 Å². The average molecular weight is 239 g/mol. The van der Waals surface area contributed by atoms with Crippen molar-refractivity contribution in [2.24, 2.45) is 0 Å². The molecule has 1 heterocycles. The van der Waals surface area contributed by atoms with E-state index in [1.807, 2.05) is 24.3 Å². The van der Waals surface area contributed by atoms with E-state index in [1.165, 1.54) is 10.4 Å². The highest BCUT2D eigenvalue weighted by Gasteiger charge is 2.06. The first-order chi connectivity index (χ1) is 7.31. The summed E-state index contributed by atoms with van der Waals surface area (Å²) < 4.78 is 5.17. The minimum atomic E-state index is 0.591. The largest absolute Gasteiger partial charge is 0.380 e. The van der Waals surface area contributed by atoms with E-state index in [2.05, 4.69) is 11.4 Å². The molecule has 0 spiro atoms. The molecule has 1 nitrogen and oxygen atoms in total. The summed E-state index contributed by atoms with van der Waals surface area (Å²) in [5, 5.41) is 2.82. The first-order valence-corrected chi connectivity index (χ1v) is 5.88. The number of ether oxygens (including phenoxy) is 1. The molecular formula is C12H11ClOS. The fourth-order valence-electron chi connectivity index (χ4n) is 1.51. The van der Waals surface area contributed by atoms with Gasteiger partial charge in [0.15, 0.2) is 0 Å². The SMILES string of the molecule is COCc1cc(Cl)ccc1-c1cccs1. The van der Waals surface area contributed by atoms with Gasteiger partial charge in [-0.05, 0) is 34.7 Å². The van der Waals surface area contributed by atoms with E-state index < -0.39 is 0 Å². The Morgan fingerprint density at radius 2 is 2.20 bits per heavy atom. The molecule has 0 aliphatic carbocycles. The first-order valence-electron chi connectivity index (χ1n) is 4.62. The minimum Gasteiger partial charge on any atom is -0.380 e. The van der Waals surface area contributed by atoms with Crippen LogP contribution in [0.5, 0.6) is 0 Å². The smallest absolute Gasteiger partial charge is 0.0719 e. The molecule has 0 aliphatic rings. The van der Waals surface area contributed by atoms with Crippen LogP contribution in [0.1, 0.15) is 5.56 Å². The minimum absolute atomic E-state index is 0.591. The van der Waals surface area contributed by atoms with E-state index in [0.29, 0.717) is 6.61 Å². The third-order valence-corrected chi connectivity index (χ3v) is 3.29. The lowest BCUT2D eigenvalue weighted by Gasteiger charge is -2.07. The molecule has 0 N–H and O–H groups in total. The second-order valence-corrected chi connectivity index (χ2v) is 4.60. The van der Waals surface area contributed by atoms with E-state index in [4.69, 9.17) is 16.3 Å². The van der Waals surface area contributed by atoms with Crippen molar-refractivity contribution in [2.45, 2.75) is 6.61 Å². The standard InChI is InChI=1S/C12H11ClOS/c1-14-8-9-7-10(13)4-5-11(9)12-3-2-6-15-12/h2-7H,8H2,1H3. The van der Waals surface area contributed by atoms with Crippen LogP contribution < -0.4 is 0 Å². The molecule has 0 saturated heterocycles. The zero-order valence-electron chi connectivity index (χ0n) is 8.37. The van der Waals surface area contributed by atoms with Gasteiger partial charge in [0.05, 0.1) is 6.61 Å². The predicted octanol–water partition coefficient (Wildman–Crippen LogP) is 4.21. The molecule has 0 amide bonds.